The Balaban J connectivity index is 1.30. The summed E-state index contributed by atoms with van der Waals surface area (Å²) in [4.78, 5) is 37.8. The molecule has 1 N–H and O–H groups in total. The van der Waals surface area contributed by atoms with E-state index in [1.807, 2.05) is 18.2 Å². The van der Waals surface area contributed by atoms with Gasteiger partial charge in [-0.2, -0.15) is 11.8 Å². The van der Waals surface area contributed by atoms with Crippen molar-refractivity contribution in [1.82, 2.24) is 4.90 Å². The number of hydrogen-bond donors (Lipinski definition) is 1. The molecule has 2 amide bonds. The molecule has 6 heteroatoms. The highest BCUT2D eigenvalue weighted by Crippen LogP contribution is 2.25. The molecule has 32 heavy (non-hydrogen) atoms. The maximum Gasteiger partial charge on any atom is 0.307 e. The monoisotopic (exact) mass is 445 g/mol. The van der Waals surface area contributed by atoms with Gasteiger partial charge < -0.3 is 5.11 Å². The first kappa shape index (κ1) is 21.8. The summed E-state index contributed by atoms with van der Waals surface area (Å²) in [6.45, 7) is 0.107. The molecule has 1 aliphatic rings. The van der Waals surface area contributed by atoms with E-state index in [-0.39, 0.29) is 24.8 Å². The minimum Gasteiger partial charge on any atom is -0.481 e. The average molecular weight is 446 g/mol. The molecule has 4 rings (SSSR count). The number of amides is 2. The van der Waals surface area contributed by atoms with Crippen LogP contribution in [0.4, 0.5) is 0 Å². The van der Waals surface area contributed by atoms with E-state index in [1.54, 1.807) is 36.0 Å². The molecule has 5 nitrogen and oxygen atoms in total. The van der Waals surface area contributed by atoms with Crippen LogP contribution in [0.2, 0.25) is 0 Å². The Morgan fingerprint density at radius 2 is 1.38 bits per heavy atom. The second-order valence-corrected chi connectivity index (χ2v) is 8.74. The van der Waals surface area contributed by atoms with Gasteiger partial charge in [-0.25, -0.2) is 0 Å². The van der Waals surface area contributed by atoms with Crippen LogP contribution in [-0.2, 0) is 10.5 Å². The quantitative estimate of drug-likeness (QED) is 0.471. The SMILES string of the molecule is O=C(O)C(CCN1C(=O)c2ccccc2C1=O)CSCc1ccc(-c2ccccc2)cc1. The van der Waals surface area contributed by atoms with Crippen molar-refractivity contribution in [3.63, 3.8) is 0 Å². The van der Waals surface area contributed by atoms with Crippen LogP contribution in [0.15, 0.2) is 78.9 Å². The fourth-order valence-corrected chi connectivity index (χ4v) is 4.89. The molecule has 0 saturated heterocycles. The first-order chi connectivity index (χ1) is 15.5. The highest BCUT2D eigenvalue weighted by Gasteiger charge is 2.35. The zero-order valence-corrected chi connectivity index (χ0v) is 18.3. The Kier molecular flexibility index (Phi) is 6.71. The van der Waals surface area contributed by atoms with E-state index in [4.69, 9.17) is 0 Å². The van der Waals surface area contributed by atoms with Gasteiger partial charge in [0.25, 0.3) is 11.8 Å². The summed E-state index contributed by atoms with van der Waals surface area (Å²) in [5, 5.41) is 9.61. The van der Waals surface area contributed by atoms with Crippen LogP contribution < -0.4 is 0 Å². The van der Waals surface area contributed by atoms with Gasteiger partial charge in [0.05, 0.1) is 17.0 Å². The van der Waals surface area contributed by atoms with E-state index in [2.05, 4.69) is 36.4 Å². The summed E-state index contributed by atoms with van der Waals surface area (Å²) >= 11 is 1.55. The fourth-order valence-electron chi connectivity index (χ4n) is 3.75. The van der Waals surface area contributed by atoms with Crippen molar-refractivity contribution < 1.29 is 19.5 Å². The number of carbonyl (C=O) groups excluding carboxylic acids is 2. The van der Waals surface area contributed by atoms with E-state index >= 15 is 0 Å². The predicted molar refractivity (Wildman–Crippen MR) is 126 cm³/mol. The van der Waals surface area contributed by atoms with Gasteiger partial charge in [-0.05, 0) is 35.2 Å². The van der Waals surface area contributed by atoms with Crippen molar-refractivity contribution >= 4 is 29.5 Å². The Morgan fingerprint density at radius 3 is 1.97 bits per heavy atom. The van der Waals surface area contributed by atoms with Crippen LogP contribution in [0.25, 0.3) is 11.1 Å². The third-order valence-electron chi connectivity index (χ3n) is 5.58. The summed E-state index contributed by atoms with van der Waals surface area (Å²) in [7, 11) is 0. The topological polar surface area (TPSA) is 74.7 Å². The molecular weight excluding hydrogens is 422 g/mol. The molecule has 1 unspecified atom stereocenters. The lowest BCUT2D eigenvalue weighted by Gasteiger charge is -2.17. The molecular formula is C26H23NO4S. The Morgan fingerprint density at radius 1 is 0.812 bits per heavy atom. The fraction of sp³-hybridized carbons (Fsp3) is 0.192. The lowest BCUT2D eigenvalue weighted by Crippen LogP contribution is -2.33. The smallest absolute Gasteiger partial charge is 0.307 e. The second-order valence-electron chi connectivity index (χ2n) is 7.71. The van der Waals surface area contributed by atoms with Gasteiger partial charge in [0.1, 0.15) is 0 Å². The van der Waals surface area contributed by atoms with E-state index in [1.165, 1.54) is 0 Å². The zero-order valence-electron chi connectivity index (χ0n) is 17.4. The van der Waals surface area contributed by atoms with Gasteiger partial charge >= 0.3 is 5.97 Å². The van der Waals surface area contributed by atoms with Crippen molar-refractivity contribution in [1.29, 1.82) is 0 Å². The largest absolute Gasteiger partial charge is 0.481 e. The Bertz CT molecular complexity index is 1090. The number of carbonyl (C=O) groups is 3. The van der Waals surface area contributed by atoms with Gasteiger partial charge in [0.15, 0.2) is 0 Å². The van der Waals surface area contributed by atoms with Crippen LogP contribution in [0.1, 0.15) is 32.7 Å². The number of nitrogens with zero attached hydrogens (tertiary/aromatic N) is 1. The molecule has 0 bridgehead atoms. The molecule has 3 aromatic carbocycles. The van der Waals surface area contributed by atoms with Gasteiger partial charge in [-0.3, -0.25) is 19.3 Å². The number of fused-ring (bicyclic) bond motifs is 1. The van der Waals surface area contributed by atoms with Crippen LogP contribution in [0.3, 0.4) is 0 Å². The summed E-state index contributed by atoms with van der Waals surface area (Å²) in [6.07, 6.45) is 0.237. The molecule has 1 aliphatic heterocycles. The molecule has 1 heterocycles. The summed E-state index contributed by atoms with van der Waals surface area (Å²) in [5.41, 5.74) is 4.20. The van der Waals surface area contributed by atoms with Crippen LogP contribution in [0, 0.1) is 5.92 Å². The van der Waals surface area contributed by atoms with E-state index in [0.29, 0.717) is 22.6 Å². The summed E-state index contributed by atoms with van der Waals surface area (Å²) in [6, 6.07) is 25.1. The maximum atomic E-state index is 12.5. The molecule has 3 aromatic rings. The van der Waals surface area contributed by atoms with Gasteiger partial charge in [0.2, 0.25) is 0 Å². The van der Waals surface area contributed by atoms with Crippen molar-refractivity contribution in [3.8, 4) is 11.1 Å². The van der Waals surface area contributed by atoms with Crippen molar-refractivity contribution in [2.45, 2.75) is 12.2 Å². The number of rotatable bonds is 9. The molecule has 0 fully saturated rings. The number of carboxylic acid groups (broad SMARTS) is 1. The number of benzene rings is 3. The first-order valence-corrected chi connectivity index (χ1v) is 11.6. The third kappa shape index (κ3) is 4.75. The number of carboxylic acids is 1. The molecule has 0 aliphatic carbocycles. The standard InChI is InChI=1S/C26H23NO4S/c28-24-22-8-4-5-9-23(22)25(29)27(24)15-14-21(26(30)31)17-32-16-18-10-12-20(13-11-18)19-6-2-1-3-7-19/h1-13,21H,14-17H2,(H,30,31). The van der Waals surface area contributed by atoms with Gasteiger partial charge in [0, 0.05) is 18.1 Å². The highest BCUT2D eigenvalue weighted by molar-refractivity contribution is 7.98. The maximum absolute atomic E-state index is 12.5. The van der Waals surface area contributed by atoms with Crippen LogP contribution >= 0.6 is 11.8 Å². The highest BCUT2D eigenvalue weighted by atomic mass is 32.2. The Hall–Kier alpha value is -3.38. The zero-order chi connectivity index (χ0) is 22.5. The minimum atomic E-state index is -0.909. The normalized spacial score (nSPS) is 13.8. The van der Waals surface area contributed by atoms with Gasteiger partial charge in [-0.15, -0.1) is 0 Å². The second kappa shape index (κ2) is 9.83. The van der Waals surface area contributed by atoms with Crippen molar-refractivity contribution in [2.24, 2.45) is 5.92 Å². The third-order valence-corrected chi connectivity index (χ3v) is 6.75. The molecule has 162 valence electrons. The van der Waals surface area contributed by atoms with Crippen LogP contribution in [0.5, 0.6) is 0 Å². The molecule has 1 atom stereocenters. The number of thioether (sulfide) groups is 1. The lowest BCUT2D eigenvalue weighted by atomic mass is 10.0. The van der Waals surface area contributed by atoms with E-state index in [0.717, 1.165) is 21.6 Å². The Labute approximate surface area is 191 Å². The predicted octanol–water partition coefficient (Wildman–Crippen LogP) is 4.97. The van der Waals surface area contributed by atoms with Gasteiger partial charge in [-0.1, -0.05) is 66.7 Å². The minimum absolute atomic E-state index is 0.107. The first-order valence-electron chi connectivity index (χ1n) is 10.4. The lowest BCUT2D eigenvalue weighted by molar-refractivity contribution is -0.141. The average Bonchev–Trinajstić information content (AvgIpc) is 3.07. The molecule has 0 spiro atoms. The van der Waals surface area contributed by atoms with Crippen molar-refractivity contribution in [2.75, 3.05) is 12.3 Å². The number of hydrogen-bond acceptors (Lipinski definition) is 4. The van der Waals surface area contributed by atoms with Crippen molar-refractivity contribution in [3.05, 3.63) is 95.6 Å². The summed E-state index contributed by atoms with van der Waals surface area (Å²) < 4.78 is 0. The number of aliphatic carboxylic acids is 1. The summed E-state index contributed by atoms with van der Waals surface area (Å²) in [5.74, 6) is -1.12. The molecule has 0 radical (unpaired) electrons. The molecule has 0 aromatic heterocycles. The van der Waals surface area contributed by atoms with E-state index < -0.39 is 11.9 Å². The number of imide groups is 1. The van der Waals surface area contributed by atoms with E-state index in [9.17, 15) is 19.5 Å². The molecule has 0 saturated carbocycles. The van der Waals surface area contributed by atoms with Crippen LogP contribution in [-0.4, -0.2) is 40.1 Å².